The Morgan fingerprint density at radius 2 is 1.10 bits per heavy atom. The molecule has 21 heavy (non-hydrogen) atoms. The minimum Gasteiger partial charge on any atom is -0.759 e. The molecule has 0 atom stereocenters. The van der Waals surface area contributed by atoms with Gasteiger partial charge in [0.1, 0.15) is 0 Å². The quantitative estimate of drug-likeness (QED) is 0.368. The van der Waals surface area contributed by atoms with Crippen LogP contribution in [0.5, 0.6) is 0 Å². The molecule has 0 aliphatic carbocycles. The Labute approximate surface area is 140 Å². The second kappa shape index (κ2) is 9.74. The second-order valence-electron chi connectivity index (χ2n) is 3.52. The molecular weight excluding hydrogens is 428 g/mol. The molecule has 2 aromatic rings. The Kier molecular flexibility index (Phi) is 9.22. The van der Waals surface area contributed by atoms with Crippen LogP contribution in [-0.4, -0.2) is 17.5 Å². The van der Waals surface area contributed by atoms with Crippen LogP contribution < -0.4 is 11.5 Å². The normalized spacial score (nSPS) is 9.71. The summed E-state index contributed by atoms with van der Waals surface area (Å²) in [6.45, 7) is 0. The molecule has 0 radical (unpaired) electrons. The highest BCUT2D eigenvalue weighted by atomic mass is 79.9. The van der Waals surface area contributed by atoms with Crippen molar-refractivity contribution < 1.29 is 17.5 Å². The minimum atomic E-state index is -5.17. The fraction of sp³-hybridized carbons (Fsp3) is 0. The molecule has 9 heteroatoms. The number of anilines is 2. The first-order valence-corrected chi connectivity index (χ1v) is 8.18. The van der Waals surface area contributed by atoms with Gasteiger partial charge >= 0.3 is 0 Å². The molecule has 0 spiro atoms. The van der Waals surface area contributed by atoms with Gasteiger partial charge in [0.05, 0.1) is 0 Å². The first-order valence-electron chi connectivity index (χ1n) is 5.26. The lowest BCUT2D eigenvalue weighted by molar-refractivity contribution is 0.352. The molecule has 0 heterocycles. The van der Waals surface area contributed by atoms with Gasteiger partial charge in [-0.05, 0) is 36.4 Å². The van der Waals surface area contributed by atoms with E-state index < -0.39 is 10.4 Å². The maximum atomic E-state index is 8.52. The van der Waals surface area contributed by atoms with Crippen molar-refractivity contribution in [1.82, 2.24) is 0 Å². The van der Waals surface area contributed by atoms with Crippen LogP contribution in [0.3, 0.4) is 0 Å². The summed E-state index contributed by atoms with van der Waals surface area (Å²) < 4.78 is 36.1. The van der Waals surface area contributed by atoms with E-state index in [-0.39, 0.29) is 0 Å². The molecule has 116 valence electrons. The Hall–Kier alpha value is -1.13. The predicted octanol–water partition coefficient (Wildman–Crippen LogP) is 2.72. The van der Waals surface area contributed by atoms with Crippen molar-refractivity contribution in [2.24, 2.45) is 0 Å². The smallest absolute Gasteiger partial charge is 0.0325 e. The van der Waals surface area contributed by atoms with Gasteiger partial charge in [-0.3, -0.25) is 8.42 Å². The van der Waals surface area contributed by atoms with Gasteiger partial charge in [-0.2, -0.15) is 0 Å². The Bertz CT molecular complexity index is 580. The third-order valence-electron chi connectivity index (χ3n) is 1.70. The number of hydrogen-bond acceptors (Lipinski definition) is 6. The zero-order valence-corrected chi connectivity index (χ0v) is 14.6. The minimum absolute atomic E-state index is 0.791. The van der Waals surface area contributed by atoms with Crippen molar-refractivity contribution in [3.8, 4) is 0 Å². The number of nitrogens with two attached hydrogens (primary N) is 2. The zero-order chi connectivity index (χ0) is 16.5. The monoisotopic (exact) mass is 438 g/mol. The molecule has 0 saturated heterocycles. The Morgan fingerprint density at radius 3 is 1.24 bits per heavy atom. The van der Waals surface area contributed by atoms with Crippen LogP contribution in [0.4, 0.5) is 11.4 Å². The molecule has 0 saturated carbocycles. The molecule has 6 nitrogen and oxygen atoms in total. The van der Waals surface area contributed by atoms with Crippen molar-refractivity contribution in [3.63, 3.8) is 0 Å². The first kappa shape index (κ1) is 19.9. The van der Waals surface area contributed by atoms with Crippen molar-refractivity contribution in [1.29, 1.82) is 0 Å². The second-order valence-corrected chi connectivity index (χ2v) is 6.17. The number of nitrogen functional groups attached to an aromatic ring is 2. The van der Waals surface area contributed by atoms with E-state index in [9.17, 15) is 0 Å². The topological polar surface area (TPSA) is 132 Å². The SMILES string of the molecule is Nc1cccc(Br)c1.Nc1cccc(Br)c1.O=S(=O)([O-])[O-]. The van der Waals surface area contributed by atoms with E-state index in [0.29, 0.717) is 0 Å². The van der Waals surface area contributed by atoms with Crippen LogP contribution >= 0.6 is 31.9 Å². The van der Waals surface area contributed by atoms with Crippen LogP contribution in [0.2, 0.25) is 0 Å². The van der Waals surface area contributed by atoms with E-state index in [1.54, 1.807) is 0 Å². The van der Waals surface area contributed by atoms with Gasteiger partial charge in [0.2, 0.25) is 0 Å². The standard InChI is InChI=1S/2C6H6BrN.H2O4S/c2*7-5-2-1-3-6(8)4-5;1-5(2,3)4/h2*1-4H,8H2;(H2,1,2,3,4)/p-2. The molecule has 0 aliphatic heterocycles. The van der Waals surface area contributed by atoms with Crippen LogP contribution in [0.25, 0.3) is 0 Å². The third kappa shape index (κ3) is 15.1. The highest BCUT2D eigenvalue weighted by molar-refractivity contribution is 9.10. The summed E-state index contributed by atoms with van der Waals surface area (Å²) in [4.78, 5) is 0. The average Bonchev–Trinajstić information content (AvgIpc) is 2.26. The number of rotatable bonds is 0. The Morgan fingerprint density at radius 1 is 0.810 bits per heavy atom. The molecule has 2 rings (SSSR count). The van der Waals surface area contributed by atoms with Gasteiger partial charge in [-0.25, -0.2) is 0 Å². The van der Waals surface area contributed by atoms with E-state index >= 15 is 0 Å². The Balaban J connectivity index is 0.000000296. The van der Waals surface area contributed by atoms with Crippen molar-refractivity contribution in [2.75, 3.05) is 11.5 Å². The van der Waals surface area contributed by atoms with E-state index in [4.69, 9.17) is 29.0 Å². The van der Waals surface area contributed by atoms with E-state index in [1.807, 2.05) is 48.5 Å². The van der Waals surface area contributed by atoms with E-state index in [0.717, 1.165) is 20.3 Å². The van der Waals surface area contributed by atoms with Gasteiger partial charge in [-0.15, -0.1) is 0 Å². The van der Waals surface area contributed by atoms with E-state index in [2.05, 4.69) is 31.9 Å². The van der Waals surface area contributed by atoms with Crippen LogP contribution in [0, 0.1) is 0 Å². The molecule has 0 aliphatic rings. The molecular formula is C12H12Br2N2O4S-2. The largest absolute Gasteiger partial charge is 0.759 e. The summed E-state index contributed by atoms with van der Waals surface area (Å²) in [5.41, 5.74) is 12.4. The maximum absolute atomic E-state index is 8.52. The molecule has 0 fully saturated rings. The van der Waals surface area contributed by atoms with Crippen LogP contribution in [0.15, 0.2) is 57.5 Å². The van der Waals surface area contributed by atoms with Gasteiger partial charge in [0.25, 0.3) is 0 Å². The van der Waals surface area contributed by atoms with Crippen LogP contribution in [-0.2, 0) is 10.4 Å². The van der Waals surface area contributed by atoms with Gasteiger partial charge in [-0.1, -0.05) is 44.0 Å². The molecule has 2 aromatic carbocycles. The predicted molar refractivity (Wildman–Crippen MR) is 87.6 cm³/mol. The summed E-state index contributed by atoms with van der Waals surface area (Å²) in [5.74, 6) is 0. The molecule has 0 unspecified atom stereocenters. The summed E-state index contributed by atoms with van der Waals surface area (Å²) in [5, 5.41) is 0. The van der Waals surface area contributed by atoms with Crippen LogP contribution in [0.1, 0.15) is 0 Å². The lowest BCUT2D eigenvalue weighted by atomic mass is 10.3. The van der Waals surface area contributed by atoms with Gasteiger partial charge in [0, 0.05) is 30.7 Å². The molecule has 0 bridgehead atoms. The van der Waals surface area contributed by atoms with Gasteiger partial charge in [0.15, 0.2) is 0 Å². The summed E-state index contributed by atoms with van der Waals surface area (Å²) >= 11 is 6.56. The maximum Gasteiger partial charge on any atom is 0.0325 e. The molecule has 0 amide bonds. The lowest BCUT2D eigenvalue weighted by Crippen LogP contribution is -1.91. The fourth-order valence-corrected chi connectivity index (χ4v) is 1.85. The highest BCUT2D eigenvalue weighted by Crippen LogP contribution is 2.12. The van der Waals surface area contributed by atoms with Crippen molar-refractivity contribution in [2.45, 2.75) is 0 Å². The summed E-state index contributed by atoms with van der Waals surface area (Å²) in [6, 6.07) is 15.1. The zero-order valence-electron chi connectivity index (χ0n) is 10.6. The average molecular weight is 440 g/mol. The first-order chi connectivity index (χ1) is 9.58. The molecule has 4 N–H and O–H groups in total. The van der Waals surface area contributed by atoms with Gasteiger partial charge < -0.3 is 20.6 Å². The highest BCUT2D eigenvalue weighted by Gasteiger charge is 1.83. The third-order valence-corrected chi connectivity index (χ3v) is 2.68. The summed E-state index contributed by atoms with van der Waals surface area (Å²) in [6.07, 6.45) is 0. The summed E-state index contributed by atoms with van der Waals surface area (Å²) in [7, 11) is -5.17. The number of benzene rings is 2. The number of hydrogen-bond donors (Lipinski definition) is 2. The lowest BCUT2D eigenvalue weighted by Gasteiger charge is -2.06. The fourth-order valence-electron chi connectivity index (χ4n) is 1.01. The van der Waals surface area contributed by atoms with Crippen molar-refractivity contribution in [3.05, 3.63) is 57.5 Å². The molecule has 0 aromatic heterocycles. The van der Waals surface area contributed by atoms with E-state index in [1.165, 1.54) is 0 Å². The van der Waals surface area contributed by atoms with Crippen molar-refractivity contribution >= 4 is 53.6 Å². The number of halogens is 2.